The van der Waals surface area contributed by atoms with Crippen LogP contribution >= 0.6 is 0 Å². The fraction of sp³-hybridized carbons (Fsp3) is 0.391. The highest BCUT2D eigenvalue weighted by Crippen LogP contribution is 2.31. The van der Waals surface area contributed by atoms with Gasteiger partial charge >= 0.3 is 0 Å². The van der Waals surface area contributed by atoms with Gasteiger partial charge in [-0.15, -0.1) is 0 Å². The number of rotatable bonds is 4. The van der Waals surface area contributed by atoms with Gasteiger partial charge in [-0.25, -0.2) is 0 Å². The summed E-state index contributed by atoms with van der Waals surface area (Å²) in [5, 5.41) is 11.3. The molecule has 0 atom stereocenters. The van der Waals surface area contributed by atoms with E-state index in [2.05, 4.69) is 0 Å². The van der Waals surface area contributed by atoms with Crippen molar-refractivity contribution in [3.05, 3.63) is 70.3 Å². The maximum absolute atomic E-state index is 13.0. The third-order valence-electron chi connectivity index (χ3n) is 6.16. The number of carbonyl (C=O) groups is 2. The number of hydrogen-bond acceptors (Lipinski definition) is 5. The molecule has 4 rings (SSSR count). The Morgan fingerprint density at radius 3 is 2.03 bits per heavy atom. The highest BCUT2D eigenvalue weighted by Gasteiger charge is 2.32. The molecule has 2 heterocycles. The Kier molecular flexibility index (Phi) is 6.16. The summed E-state index contributed by atoms with van der Waals surface area (Å²) in [6.07, 6.45) is 1.35. The summed E-state index contributed by atoms with van der Waals surface area (Å²) in [5.74, 6) is 0.0647. The fourth-order valence-corrected chi connectivity index (χ4v) is 4.40. The number of para-hydroxylation sites is 2. The van der Waals surface area contributed by atoms with Gasteiger partial charge in [0.15, 0.2) is 0 Å². The quantitative estimate of drug-likeness (QED) is 0.559. The van der Waals surface area contributed by atoms with Crippen molar-refractivity contribution in [3.63, 3.8) is 0 Å². The molecular weight excluding hydrogens is 396 g/mol. The van der Waals surface area contributed by atoms with E-state index in [1.807, 2.05) is 40.1 Å². The first kappa shape index (κ1) is 20.8. The third kappa shape index (κ3) is 4.52. The summed E-state index contributed by atoms with van der Waals surface area (Å²) in [7, 11) is 0. The van der Waals surface area contributed by atoms with E-state index in [0.29, 0.717) is 63.4 Å². The van der Waals surface area contributed by atoms with Crippen molar-refractivity contribution < 1.29 is 14.5 Å². The summed E-state index contributed by atoms with van der Waals surface area (Å²) in [4.78, 5) is 42.2. The van der Waals surface area contributed by atoms with Crippen LogP contribution in [0.3, 0.4) is 0 Å². The van der Waals surface area contributed by atoms with Crippen LogP contribution in [0.2, 0.25) is 0 Å². The van der Waals surface area contributed by atoms with E-state index in [0.717, 1.165) is 0 Å². The minimum atomic E-state index is -0.358. The molecule has 2 aromatic carbocycles. The lowest BCUT2D eigenvalue weighted by molar-refractivity contribution is -0.384. The third-order valence-corrected chi connectivity index (χ3v) is 6.16. The monoisotopic (exact) mass is 422 g/mol. The molecule has 0 aliphatic carbocycles. The molecule has 2 fully saturated rings. The van der Waals surface area contributed by atoms with Crippen molar-refractivity contribution in [1.29, 1.82) is 0 Å². The summed E-state index contributed by atoms with van der Waals surface area (Å²) in [5.41, 5.74) is 1.39. The molecular formula is C23H26N4O4. The second kappa shape index (κ2) is 9.16. The van der Waals surface area contributed by atoms with Gasteiger partial charge in [-0.05, 0) is 31.0 Å². The largest absolute Gasteiger partial charge is 0.366 e. The molecule has 2 saturated heterocycles. The van der Waals surface area contributed by atoms with Gasteiger partial charge < -0.3 is 14.7 Å². The van der Waals surface area contributed by atoms with Gasteiger partial charge in [0.05, 0.1) is 4.92 Å². The molecule has 0 N–H and O–H groups in total. The van der Waals surface area contributed by atoms with E-state index >= 15 is 0 Å². The lowest BCUT2D eigenvalue weighted by Gasteiger charge is -2.39. The average Bonchev–Trinajstić information content (AvgIpc) is 2.84. The summed E-state index contributed by atoms with van der Waals surface area (Å²) < 4.78 is 0. The molecule has 0 bridgehead atoms. The Morgan fingerprint density at radius 2 is 1.39 bits per heavy atom. The summed E-state index contributed by atoms with van der Waals surface area (Å²) >= 11 is 0. The zero-order valence-corrected chi connectivity index (χ0v) is 17.4. The minimum Gasteiger partial charge on any atom is -0.366 e. The number of amides is 2. The molecule has 162 valence electrons. The lowest BCUT2D eigenvalue weighted by Crippen LogP contribution is -2.53. The Bertz CT molecular complexity index is 949. The Balaban J connectivity index is 1.30. The molecule has 2 aliphatic heterocycles. The van der Waals surface area contributed by atoms with Crippen LogP contribution in [0.15, 0.2) is 54.6 Å². The standard InChI is InChI=1S/C23H26N4O4/c28-22(18-6-2-1-3-7-18)25-14-16-26(17-15-25)23(29)19-10-12-24(13-11-19)20-8-4-5-9-21(20)27(30)31/h1-9,19H,10-17H2. The maximum Gasteiger partial charge on any atom is 0.292 e. The first-order chi connectivity index (χ1) is 15.0. The number of piperidine rings is 1. The molecule has 2 aromatic rings. The van der Waals surface area contributed by atoms with Crippen LogP contribution in [0.25, 0.3) is 0 Å². The molecule has 8 nitrogen and oxygen atoms in total. The van der Waals surface area contributed by atoms with Crippen molar-refractivity contribution in [2.45, 2.75) is 12.8 Å². The lowest BCUT2D eigenvalue weighted by atomic mass is 9.94. The molecule has 0 unspecified atom stereocenters. The summed E-state index contributed by atoms with van der Waals surface area (Å²) in [6.45, 7) is 3.40. The number of carbonyl (C=O) groups excluding carboxylic acids is 2. The predicted octanol–water partition coefficient (Wildman–Crippen LogP) is 2.80. The average molecular weight is 422 g/mol. The minimum absolute atomic E-state index is 0.00506. The van der Waals surface area contributed by atoms with E-state index in [4.69, 9.17) is 0 Å². The Hall–Kier alpha value is -3.42. The highest BCUT2D eigenvalue weighted by molar-refractivity contribution is 5.94. The van der Waals surface area contributed by atoms with Crippen LogP contribution in [0, 0.1) is 16.0 Å². The van der Waals surface area contributed by atoms with E-state index in [1.54, 1.807) is 23.1 Å². The van der Waals surface area contributed by atoms with Crippen LogP contribution in [0.1, 0.15) is 23.2 Å². The van der Waals surface area contributed by atoms with Crippen LogP contribution < -0.4 is 4.90 Å². The topological polar surface area (TPSA) is 87.0 Å². The molecule has 2 aliphatic rings. The number of benzene rings is 2. The number of anilines is 1. The molecule has 31 heavy (non-hydrogen) atoms. The summed E-state index contributed by atoms with van der Waals surface area (Å²) in [6, 6.07) is 16.0. The molecule has 0 spiro atoms. The fourth-order valence-electron chi connectivity index (χ4n) is 4.40. The van der Waals surface area contributed by atoms with Gasteiger partial charge in [0.1, 0.15) is 5.69 Å². The van der Waals surface area contributed by atoms with Crippen molar-refractivity contribution >= 4 is 23.2 Å². The molecule has 0 radical (unpaired) electrons. The number of hydrogen-bond donors (Lipinski definition) is 0. The second-order valence-electron chi connectivity index (χ2n) is 7.99. The number of piperazine rings is 1. The van der Waals surface area contributed by atoms with Gasteiger partial charge in [0.2, 0.25) is 5.91 Å². The molecule has 8 heteroatoms. The SMILES string of the molecule is O=C(c1ccccc1)N1CCN(C(=O)C2CCN(c3ccccc3[N+](=O)[O-])CC2)CC1. The molecule has 0 saturated carbocycles. The first-order valence-corrected chi connectivity index (χ1v) is 10.7. The number of nitrogens with zero attached hydrogens (tertiary/aromatic N) is 4. The van der Waals surface area contributed by atoms with E-state index in [-0.39, 0.29) is 28.3 Å². The number of nitro benzene ring substituents is 1. The van der Waals surface area contributed by atoms with E-state index in [1.165, 1.54) is 6.07 Å². The van der Waals surface area contributed by atoms with Crippen LogP contribution in [0.4, 0.5) is 11.4 Å². The van der Waals surface area contributed by atoms with Crippen LogP contribution in [-0.4, -0.2) is 65.8 Å². The highest BCUT2D eigenvalue weighted by atomic mass is 16.6. The van der Waals surface area contributed by atoms with Gasteiger partial charge in [0, 0.05) is 56.8 Å². The van der Waals surface area contributed by atoms with E-state index < -0.39 is 0 Å². The van der Waals surface area contributed by atoms with Crippen molar-refractivity contribution in [2.75, 3.05) is 44.2 Å². The van der Waals surface area contributed by atoms with Gasteiger partial charge in [-0.1, -0.05) is 30.3 Å². The normalized spacial score (nSPS) is 17.5. The van der Waals surface area contributed by atoms with Crippen molar-refractivity contribution in [2.24, 2.45) is 5.92 Å². The Morgan fingerprint density at radius 1 is 0.806 bits per heavy atom. The van der Waals surface area contributed by atoms with Crippen molar-refractivity contribution in [1.82, 2.24) is 9.80 Å². The van der Waals surface area contributed by atoms with Gasteiger partial charge in [-0.2, -0.15) is 0 Å². The zero-order valence-electron chi connectivity index (χ0n) is 17.4. The first-order valence-electron chi connectivity index (χ1n) is 10.7. The van der Waals surface area contributed by atoms with Crippen LogP contribution in [0.5, 0.6) is 0 Å². The second-order valence-corrected chi connectivity index (χ2v) is 7.99. The van der Waals surface area contributed by atoms with Gasteiger partial charge in [0.25, 0.3) is 11.6 Å². The smallest absolute Gasteiger partial charge is 0.292 e. The molecule has 2 amide bonds. The van der Waals surface area contributed by atoms with Crippen molar-refractivity contribution in [3.8, 4) is 0 Å². The zero-order chi connectivity index (χ0) is 21.8. The maximum atomic E-state index is 13.0. The van der Waals surface area contributed by atoms with Gasteiger partial charge in [-0.3, -0.25) is 19.7 Å². The van der Waals surface area contributed by atoms with E-state index in [9.17, 15) is 19.7 Å². The Labute approximate surface area is 181 Å². The predicted molar refractivity (Wildman–Crippen MR) is 117 cm³/mol. The number of nitro groups is 1. The van der Waals surface area contributed by atoms with Crippen LogP contribution in [-0.2, 0) is 4.79 Å². The molecule has 0 aromatic heterocycles.